The molecular formula is C17H24ClF3N2O2. The van der Waals surface area contributed by atoms with Crippen LogP contribution in [0.3, 0.4) is 0 Å². The lowest BCUT2D eigenvalue weighted by Gasteiger charge is -2.34. The van der Waals surface area contributed by atoms with Gasteiger partial charge in [0.1, 0.15) is 6.10 Å². The van der Waals surface area contributed by atoms with Gasteiger partial charge in [-0.15, -0.1) is 12.4 Å². The van der Waals surface area contributed by atoms with Gasteiger partial charge in [0.2, 0.25) is 0 Å². The van der Waals surface area contributed by atoms with Crippen LogP contribution >= 0.6 is 12.4 Å². The number of morpholine rings is 1. The number of hydrogen-bond donors (Lipinski definition) is 2. The molecule has 0 aliphatic carbocycles. The number of benzene rings is 1. The van der Waals surface area contributed by atoms with Crippen molar-refractivity contribution in [3.63, 3.8) is 0 Å². The first-order valence-corrected chi connectivity index (χ1v) is 7.89. The molecule has 1 aliphatic rings. The molecule has 0 spiro atoms. The molecule has 1 fully saturated rings. The van der Waals surface area contributed by atoms with E-state index in [-0.39, 0.29) is 18.3 Å². The molecule has 2 rings (SSSR count). The Kier molecular flexibility index (Phi) is 7.28. The van der Waals surface area contributed by atoms with E-state index in [1.165, 1.54) is 6.07 Å². The van der Waals surface area contributed by atoms with Crippen LogP contribution in [-0.4, -0.2) is 31.7 Å². The predicted molar refractivity (Wildman–Crippen MR) is 91.6 cm³/mol. The molecule has 1 amide bonds. The minimum absolute atomic E-state index is 0. The molecular weight excluding hydrogens is 357 g/mol. The average Bonchev–Trinajstić information content (AvgIpc) is 2.51. The van der Waals surface area contributed by atoms with Crippen LogP contribution in [0.15, 0.2) is 24.3 Å². The Morgan fingerprint density at radius 3 is 2.52 bits per heavy atom. The van der Waals surface area contributed by atoms with Gasteiger partial charge in [0.25, 0.3) is 5.91 Å². The molecule has 2 N–H and O–H groups in total. The lowest BCUT2D eigenvalue weighted by molar-refractivity contribution is -0.137. The molecule has 0 radical (unpaired) electrons. The second-order valence-corrected chi connectivity index (χ2v) is 6.99. The van der Waals surface area contributed by atoms with Crippen LogP contribution in [0.25, 0.3) is 0 Å². The Bertz CT molecular complexity index is 582. The van der Waals surface area contributed by atoms with Crippen molar-refractivity contribution in [1.29, 1.82) is 0 Å². The molecule has 4 nitrogen and oxygen atoms in total. The molecule has 1 aromatic rings. The standard InChI is InChI=1S/C17H23F3N2O2.ClH/c1-16(2,3)14(22-15(23)13-10-21-7-8-24-13)11-5-4-6-12(9-11)17(18,19)20;/h4-6,9,13-14,21H,7-8,10H2,1-3H3,(H,22,23);1H. The van der Waals surface area contributed by atoms with Gasteiger partial charge in [0.05, 0.1) is 18.2 Å². The maximum absolute atomic E-state index is 13.0. The number of amides is 1. The maximum Gasteiger partial charge on any atom is 0.416 e. The fraction of sp³-hybridized carbons (Fsp3) is 0.588. The van der Waals surface area contributed by atoms with E-state index in [4.69, 9.17) is 4.74 Å². The summed E-state index contributed by atoms with van der Waals surface area (Å²) in [5, 5.41) is 5.91. The molecule has 0 aromatic heterocycles. The topological polar surface area (TPSA) is 50.4 Å². The summed E-state index contributed by atoms with van der Waals surface area (Å²) in [6.07, 6.45) is -5.05. The molecule has 142 valence electrons. The quantitative estimate of drug-likeness (QED) is 0.845. The average molecular weight is 381 g/mol. The zero-order chi connectivity index (χ0) is 18.0. The van der Waals surface area contributed by atoms with Crippen molar-refractivity contribution in [3.8, 4) is 0 Å². The Morgan fingerprint density at radius 2 is 2.00 bits per heavy atom. The number of alkyl halides is 3. The lowest BCUT2D eigenvalue weighted by Crippen LogP contribution is -2.50. The zero-order valence-electron chi connectivity index (χ0n) is 14.4. The van der Waals surface area contributed by atoms with Gasteiger partial charge in [-0.3, -0.25) is 4.79 Å². The number of rotatable bonds is 3. The van der Waals surface area contributed by atoms with Gasteiger partial charge >= 0.3 is 6.18 Å². The zero-order valence-corrected chi connectivity index (χ0v) is 15.3. The smallest absolute Gasteiger partial charge is 0.366 e. The van der Waals surface area contributed by atoms with Crippen molar-refractivity contribution in [2.45, 2.75) is 39.1 Å². The van der Waals surface area contributed by atoms with Gasteiger partial charge in [0.15, 0.2) is 0 Å². The molecule has 0 bridgehead atoms. The van der Waals surface area contributed by atoms with Crippen molar-refractivity contribution >= 4 is 18.3 Å². The first-order valence-electron chi connectivity index (χ1n) is 7.89. The van der Waals surface area contributed by atoms with E-state index in [9.17, 15) is 18.0 Å². The van der Waals surface area contributed by atoms with E-state index in [1.807, 2.05) is 20.8 Å². The monoisotopic (exact) mass is 380 g/mol. The lowest BCUT2D eigenvalue weighted by atomic mass is 9.81. The molecule has 0 saturated carbocycles. The summed E-state index contributed by atoms with van der Waals surface area (Å²) in [4.78, 5) is 12.4. The van der Waals surface area contributed by atoms with Crippen LogP contribution < -0.4 is 10.6 Å². The number of hydrogen-bond acceptors (Lipinski definition) is 3. The molecule has 1 aromatic carbocycles. The van der Waals surface area contributed by atoms with Gasteiger partial charge in [-0.05, 0) is 23.1 Å². The number of halogens is 4. The first-order chi connectivity index (χ1) is 11.1. The molecule has 1 aliphatic heterocycles. The van der Waals surface area contributed by atoms with E-state index < -0.39 is 29.3 Å². The molecule has 1 heterocycles. The minimum atomic E-state index is -4.42. The van der Waals surface area contributed by atoms with Crippen molar-refractivity contribution in [2.75, 3.05) is 19.7 Å². The highest BCUT2D eigenvalue weighted by Crippen LogP contribution is 2.36. The highest BCUT2D eigenvalue weighted by molar-refractivity contribution is 5.85. The van der Waals surface area contributed by atoms with E-state index in [1.54, 1.807) is 6.07 Å². The van der Waals surface area contributed by atoms with Crippen LogP contribution in [0.2, 0.25) is 0 Å². The van der Waals surface area contributed by atoms with E-state index >= 15 is 0 Å². The van der Waals surface area contributed by atoms with Crippen molar-refractivity contribution in [1.82, 2.24) is 10.6 Å². The van der Waals surface area contributed by atoms with Crippen molar-refractivity contribution in [2.24, 2.45) is 5.41 Å². The number of nitrogens with one attached hydrogen (secondary N) is 2. The second kappa shape index (κ2) is 8.38. The number of carbonyl (C=O) groups excluding carboxylic acids is 1. The summed E-state index contributed by atoms with van der Waals surface area (Å²) in [5.41, 5.74) is -0.754. The van der Waals surface area contributed by atoms with Crippen LogP contribution in [-0.2, 0) is 15.7 Å². The Labute approximate surface area is 151 Å². The van der Waals surface area contributed by atoms with Crippen molar-refractivity contribution in [3.05, 3.63) is 35.4 Å². The fourth-order valence-corrected chi connectivity index (χ4v) is 2.66. The summed E-state index contributed by atoms with van der Waals surface area (Å²) in [5.74, 6) is -0.320. The molecule has 1 saturated heterocycles. The summed E-state index contributed by atoms with van der Waals surface area (Å²) >= 11 is 0. The third-order valence-electron chi connectivity index (χ3n) is 3.92. The SMILES string of the molecule is CC(C)(C)C(NC(=O)C1CNCCO1)c1cccc(C(F)(F)F)c1.Cl. The minimum Gasteiger partial charge on any atom is -0.366 e. The van der Waals surface area contributed by atoms with Gasteiger partial charge in [-0.1, -0.05) is 32.9 Å². The Balaban J connectivity index is 0.00000312. The highest BCUT2D eigenvalue weighted by atomic mass is 35.5. The normalized spacial score (nSPS) is 19.7. The van der Waals surface area contributed by atoms with Crippen LogP contribution in [0.1, 0.15) is 37.9 Å². The van der Waals surface area contributed by atoms with Crippen LogP contribution in [0.5, 0.6) is 0 Å². The molecule has 2 unspecified atom stereocenters. The number of ether oxygens (including phenoxy) is 1. The summed E-state index contributed by atoms with van der Waals surface area (Å²) < 4.78 is 44.3. The number of carbonyl (C=O) groups is 1. The second-order valence-electron chi connectivity index (χ2n) is 6.99. The molecule has 2 atom stereocenters. The summed E-state index contributed by atoms with van der Waals surface area (Å²) in [6, 6.07) is 4.53. The third kappa shape index (κ3) is 5.87. The predicted octanol–water partition coefficient (Wildman–Crippen LogP) is 3.32. The van der Waals surface area contributed by atoms with Crippen molar-refractivity contribution < 1.29 is 22.7 Å². The fourth-order valence-electron chi connectivity index (χ4n) is 2.66. The van der Waals surface area contributed by atoms with E-state index in [0.717, 1.165) is 12.1 Å². The largest absolute Gasteiger partial charge is 0.416 e. The van der Waals surface area contributed by atoms with Crippen LogP contribution in [0.4, 0.5) is 13.2 Å². The summed E-state index contributed by atoms with van der Waals surface area (Å²) in [6.45, 7) is 7.13. The Morgan fingerprint density at radius 1 is 1.32 bits per heavy atom. The Hall–Kier alpha value is -1.31. The van der Waals surface area contributed by atoms with Crippen LogP contribution in [0, 0.1) is 5.41 Å². The van der Waals surface area contributed by atoms with Gasteiger partial charge in [-0.25, -0.2) is 0 Å². The third-order valence-corrected chi connectivity index (χ3v) is 3.92. The van der Waals surface area contributed by atoms with Gasteiger partial charge in [0, 0.05) is 13.1 Å². The highest BCUT2D eigenvalue weighted by Gasteiger charge is 2.34. The first kappa shape index (κ1) is 21.7. The summed E-state index contributed by atoms with van der Waals surface area (Å²) in [7, 11) is 0. The maximum atomic E-state index is 13.0. The van der Waals surface area contributed by atoms with Gasteiger partial charge < -0.3 is 15.4 Å². The van der Waals surface area contributed by atoms with E-state index in [2.05, 4.69) is 10.6 Å². The molecule has 8 heteroatoms. The molecule has 25 heavy (non-hydrogen) atoms. The van der Waals surface area contributed by atoms with E-state index in [0.29, 0.717) is 25.3 Å². The van der Waals surface area contributed by atoms with Gasteiger partial charge in [-0.2, -0.15) is 13.2 Å².